The van der Waals surface area contributed by atoms with Gasteiger partial charge < -0.3 is 10.2 Å². The van der Waals surface area contributed by atoms with Gasteiger partial charge in [0.05, 0.1) is 12.2 Å². The molecule has 2 nitrogen and oxygen atoms in total. The van der Waals surface area contributed by atoms with Crippen LogP contribution in [0.1, 0.15) is 85.0 Å². The first-order chi connectivity index (χ1) is 13.4. The molecule has 0 aromatic heterocycles. The molecule has 1 unspecified atom stereocenters. The van der Waals surface area contributed by atoms with Crippen molar-refractivity contribution in [2.24, 2.45) is 23.2 Å². The van der Waals surface area contributed by atoms with Crippen molar-refractivity contribution in [3.05, 3.63) is 41.9 Å². The molecule has 3 rings (SSSR count). The van der Waals surface area contributed by atoms with Gasteiger partial charge in [-0.3, -0.25) is 0 Å². The molecule has 28 heavy (non-hydrogen) atoms. The Morgan fingerprint density at radius 2 is 1.89 bits per heavy atom. The molecule has 3 fully saturated rings. The number of hydrogen-bond donors (Lipinski definition) is 2. The molecular formula is C26H41O2. The lowest BCUT2D eigenvalue weighted by atomic mass is 9.60. The molecule has 0 saturated heterocycles. The number of allylic oxidation sites excluding steroid dienone is 3. The summed E-state index contributed by atoms with van der Waals surface area (Å²) >= 11 is 0. The summed E-state index contributed by atoms with van der Waals surface area (Å²) in [4.78, 5) is 0. The Hall–Kier alpha value is -0.860. The largest absolute Gasteiger partial charge is 0.388 e. The minimum atomic E-state index is -0.595. The van der Waals surface area contributed by atoms with Gasteiger partial charge in [-0.25, -0.2) is 0 Å². The van der Waals surface area contributed by atoms with Crippen molar-refractivity contribution in [3.63, 3.8) is 0 Å². The number of hydrogen-bond acceptors (Lipinski definition) is 2. The summed E-state index contributed by atoms with van der Waals surface area (Å²) in [6, 6.07) is 0. The van der Waals surface area contributed by atoms with Crippen molar-refractivity contribution < 1.29 is 10.2 Å². The molecule has 3 aliphatic rings. The van der Waals surface area contributed by atoms with Crippen LogP contribution in [0.5, 0.6) is 0 Å². The number of aliphatic hydroxyl groups is 2. The van der Waals surface area contributed by atoms with Crippen LogP contribution < -0.4 is 0 Å². The van der Waals surface area contributed by atoms with Crippen LogP contribution >= 0.6 is 0 Å². The average molecular weight is 386 g/mol. The Morgan fingerprint density at radius 3 is 2.57 bits per heavy atom. The third kappa shape index (κ3) is 4.49. The van der Waals surface area contributed by atoms with Gasteiger partial charge in [-0.1, -0.05) is 69.9 Å². The molecule has 0 aromatic carbocycles. The SMILES string of the molecule is C=C1[C@H](O)CC(=C/C=C2\CCC[C@]3(C)C([C@H](C)CCC[CH]C)CC[C@@H]23)C[C@H]1O. The van der Waals surface area contributed by atoms with E-state index < -0.39 is 12.2 Å². The Kier molecular flexibility index (Phi) is 7.26. The highest BCUT2D eigenvalue weighted by molar-refractivity contribution is 5.29. The highest BCUT2D eigenvalue weighted by Gasteiger charge is 2.50. The summed E-state index contributed by atoms with van der Waals surface area (Å²) in [5.41, 5.74) is 3.80. The van der Waals surface area contributed by atoms with Crippen LogP contribution in [-0.4, -0.2) is 22.4 Å². The molecule has 3 saturated carbocycles. The molecule has 0 bridgehead atoms. The van der Waals surface area contributed by atoms with Crippen molar-refractivity contribution >= 4 is 0 Å². The summed E-state index contributed by atoms with van der Waals surface area (Å²) < 4.78 is 0. The Bertz CT molecular complexity index is 600. The predicted molar refractivity (Wildman–Crippen MR) is 118 cm³/mol. The smallest absolute Gasteiger partial charge is 0.0809 e. The predicted octanol–water partition coefficient (Wildman–Crippen LogP) is 6.16. The zero-order chi connectivity index (χ0) is 20.3. The van der Waals surface area contributed by atoms with Gasteiger partial charge in [-0.2, -0.15) is 0 Å². The monoisotopic (exact) mass is 385 g/mol. The van der Waals surface area contributed by atoms with E-state index in [1.807, 2.05) is 0 Å². The fourth-order valence-corrected chi connectivity index (χ4v) is 6.48. The highest BCUT2D eigenvalue weighted by atomic mass is 16.3. The van der Waals surface area contributed by atoms with Crippen LogP contribution in [0.3, 0.4) is 0 Å². The van der Waals surface area contributed by atoms with E-state index in [-0.39, 0.29) is 0 Å². The number of rotatable bonds is 6. The molecule has 1 radical (unpaired) electrons. The Balaban J connectivity index is 1.70. The second-order valence-electron chi connectivity index (χ2n) is 9.99. The molecule has 0 amide bonds. The van der Waals surface area contributed by atoms with E-state index in [4.69, 9.17) is 0 Å². The third-order valence-corrected chi connectivity index (χ3v) is 8.18. The van der Waals surface area contributed by atoms with E-state index in [1.165, 1.54) is 51.4 Å². The molecule has 2 N–H and O–H groups in total. The summed E-state index contributed by atoms with van der Waals surface area (Å²) in [6.45, 7) is 11.0. The first-order valence-electron chi connectivity index (χ1n) is 11.6. The number of fused-ring (bicyclic) bond motifs is 1. The first kappa shape index (κ1) is 21.8. The number of unbranched alkanes of at least 4 members (excludes halogenated alkanes) is 2. The summed E-state index contributed by atoms with van der Waals surface area (Å²) in [5.74, 6) is 2.39. The third-order valence-electron chi connectivity index (χ3n) is 8.18. The lowest BCUT2D eigenvalue weighted by Crippen LogP contribution is -2.36. The van der Waals surface area contributed by atoms with Gasteiger partial charge in [0.1, 0.15) is 0 Å². The van der Waals surface area contributed by atoms with E-state index in [1.54, 1.807) is 5.57 Å². The van der Waals surface area contributed by atoms with Gasteiger partial charge in [0.25, 0.3) is 0 Å². The van der Waals surface area contributed by atoms with Crippen LogP contribution in [-0.2, 0) is 0 Å². The van der Waals surface area contributed by atoms with Gasteiger partial charge in [-0.15, -0.1) is 0 Å². The standard InChI is InChI=1S/C26H41O2/c1-5-6-7-9-18(2)22-13-14-23-21(10-8-15-26(22,23)4)12-11-20-16-24(27)19(3)25(28)17-20/h5,11-12,18,22-25,27-28H,3,6-10,13-17H2,1-2,4H3/b21-12+/t18-,22?,23+,24-,25-,26-/m1/s1. The van der Waals surface area contributed by atoms with E-state index in [9.17, 15) is 10.2 Å². The summed E-state index contributed by atoms with van der Waals surface area (Å²) in [7, 11) is 0. The van der Waals surface area contributed by atoms with Crippen LogP contribution in [0.2, 0.25) is 0 Å². The maximum absolute atomic E-state index is 10.1. The van der Waals surface area contributed by atoms with Gasteiger partial charge in [0.2, 0.25) is 0 Å². The topological polar surface area (TPSA) is 40.5 Å². The zero-order valence-electron chi connectivity index (χ0n) is 18.3. The zero-order valence-corrected chi connectivity index (χ0v) is 18.3. The maximum atomic E-state index is 10.1. The van der Waals surface area contributed by atoms with E-state index in [0.717, 1.165) is 23.3 Å². The van der Waals surface area contributed by atoms with E-state index in [2.05, 4.69) is 45.9 Å². The minimum Gasteiger partial charge on any atom is -0.388 e. The van der Waals surface area contributed by atoms with Crippen LogP contribution in [0.25, 0.3) is 0 Å². The molecule has 0 heterocycles. The Labute approximate surface area is 172 Å². The fourth-order valence-electron chi connectivity index (χ4n) is 6.48. The molecular weight excluding hydrogens is 344 g/mol. The second-order valence-corrected chi connectivity index (χ2v) is 9.99. The average Bonchev–Trinajstić information content (AvgIpc) is 3.02. The van der Waals surface area contributed by atoms with Crippen LogP contribution in [0, 0.1) is 29.6 Å². The molecule has 6 atom stereocenters. The molecule has 157 valence electrons. The van der Waals surface area contributed by atoms with Crippen LogP contribution in [0.4, 0.5) is 0 Å². The second kappa shape index (κ2) is 9.30. The highest BCUT2D eigenvalue weighted by Crippen LogP contribution is 2.59. The summed E-state index contributed by atoms with van der Waals surface area (Å²) in [5, 5.41) is 20.2. The lowest BCUT2D eigenvalue weighted by molar-refractivity contribution is 0.0935. The molecule has 0 spiro atoms. The van der Waals surface area contributed by atoms with Gasteiger partial charge >= 0.3 is 0 Å². The first-order valence-corrected chi connectivity index (χ1v) is 11.6. The van der Waals surface area contributed by atoms with E-state index >= 15 is 0 Å². The molecule has 3 aliphatic carbocycles. The molecule has 0 aromatic rings. The van der Waals surface area contributed by atoms with Crippen LogP contribution in [0.15, 0.2) is 35.5 Å². The fraction of sp³-hybridized carbons (Fsp3) is 0.731. The van der Waals surface area contributed by atoms with Crippen molar-refractivity contribution in [1.29, 1.82) is 0 Å². The van der Waals surface area contributed by atoms with Crippen molar-refractivity contribution in [2.75, 3.05) is 0 Å². The van der Waals surface area contributed by atoms with Crippen molar-refractivity contribution in [1.82, 2.24) is 0 Å². The van der Waals surface area contributed by atoms with Crippen molar-refractivity contribution in [3.8, 4) is 0 Å². The van der Waals surface area contributed by atoms with E-state index in [0.29, 0.717) is 23.8 Å². The lowest BCUT2D eigenvalue weighted by Gasteiger charge is -2.44. The number of aliphatic hydroxyl groups excluding tert-OH is 2. The minimum absolute atomic E-state index is 0.456. The maximum Gasteiger partial charge on any atom is 0.0809 e. The molecule has 0 aliphatic heterocycles. The quantitative estimate of drug-likeness (QED) is 0.425. The molecule has 2 heteroatoms. The van der Waals surface area contributed by atoms with Crippen molar-refractivity contribution in [2.45, 2.75) is 97.2 Å². The Morgan fingerprint density at radius 1 is 1.18 bits per heavy atom. The van der Waals surface area contributed by atoms with Gasteiger partial charge in [0, 0.05) is 0 Å². The van der Waals surface area contributed by atoms with Gasteiger partial charge in [0.15, 0.2) is 0 Å². The van der Waals surface area contributed by atoms with Gasteiger partial charge in [-0.05, 0) is 80.1 Å². The summed E-state index contributed by atoms with van der Waals surface area (Å²) in [6.07, 6.45) is 17.5. The normalized spacial score (nSPS) is 38.5.